The minimum atomic E-state index is -0.434. The van der Waals surface area contributed by atoms with Crippen molar-refractivity contribution in [2.24, 2.45) is 5.73 Å². The summed E-state index contributed by atoms with van der Waals surface area (Å²) in [5, 5.41) is 3.52. The molecule has 0 atom stereocenters. The van der Waals surface area contributed by atoms with E-state index in [0.29, 0.717) is 30.8 Å². The van der Waals surface area contributed by atoms with E-state index in [9.17, 15) is 9.59 Å². The molecule has 0 aliphatic carbocycles. The van der Waals surface area contributed by atoms with Crippen LogP contribution in [-0.4, -0.2) is 43.5 Å². The van der Waals surface area contributed by atoms with Crippen molar-refractivity contribution >= 4 is 17.6 Å². The van der Waals surface area contributed by atoms with Gasteiger partial charge in [-0.15, -0.1) is 0 Å². The van der Waals surface area contributed by atoms with Gasteiger partial charge < -0.3 is 20.7 Å². The highest BCUT2D eigenvalue weighted by Crippen LogP contribution is 2.44. The Hall–Kier alpha value is -2.86. The molecule has 1 fully saturated rings. The van der Waals surface area contributed by atoms with Crippen molar-refractivity contribution in [1.29, 1.82) is 0 Å². The van der Waals surface area contributed by atoms with Crippen LogP contribution < -0.4 is 11.1 Å². The lowest BCUT2D eigenvalue weighted by Gasteiger charge is -2.39. The first-order chi connectivity index (χ1) is 13.6. The maximum Gasteiger partial charge on any atom is 0.337 e. The van der Waals surface area contributed by atoms with Gasteiger partial charge in [0, 0.05) is 42.8 Å². The van der Waals surface area contributed by atoms with Crippen molar-refractivity contribution in [3.05, 3.63) is 64.7 Å². The number of esters is 1. The topological polar surface area (TPSA) is 84.7 Å². The van der Waals surface area contributed by atoms with Crippen LogP contribution in [0.1, 0.15) is 44.7 Å². The summed E-state index contributed by atoms with van der Waals surface area (Å²) in [6, 6.07) is 13.1. The number of rotatable bonds is 3. The largest absolute Gasteiger partial charge is 0.465 e. The molecule has 0 radical (unpaired) electrons. The monoisotopic (exact) mass is 379 g/mol. The number of ether oxygens (including phenoxy) is 1. The first-order valence-electron chi connectivity index (χ1n) is 9.61. The van der Waals surface area contributed by atoms with Gasteiger partial charge in [0.15, 0.2) is 0 Å². The Morgan fingerprint density at radius 3 is 2.61 bits per heavy atom. The highest BCUT2D eigenvalue weighted by molar-refractivity contribution is 5.98. The normalized spacial score (nSPS) is 17.1. The Balaban J connectivity index is 1.50. The second-order valence-electron chi connectivity index (χ2n) is 7.58. The first-order valence-corrected chi connectivity index (χ1v) is 9.61. The third-order valence-corrected chi connectivity index (χ3v) is 6.05. The predicted octanol–water partition coefficient (Wildman–Crippen LogP) is 2.53. The zero-order chi connectivity index (χ0) is 19.7. The van der Waals surface area contributed by atoms with Gasteiger partial charge in [-0.3, -0.25) is 4.79 Å². The van der Waals surface area contributed by atoms with Crippen LogP contribution in [0.5, 0.6) is 0 Å². The lowest BCUT2D eigenvalue weighted by atomic mass is 9.74. The SMILES string of the molecule is COC(=O)c1cccc(C(=O)N2CCC3(CC2)CNc2ccc(CN)cc23)c1. The number of hydrogen-bond donors (Lipinski definition) is 2. The summed E-state index contributed by atoms with van der Waals surface area (Å²) in [6.45, 7) is 2.81. The van der Waals surface area contributed by atoms with Gasteiger partial charge in [-0.25, -0.2) is 4.79 Å². The van der Waals surface area contributed by atoms with Gasteiger partial charge in [0.2, 0.25) is 0 Å². The number of fused-ring (bicyclic) bond motifs is 2. The Morgan fingerprint density at radius 2 is 1.89 bits per heavy atom. The van der Waals surface area contributed by atoms with E-state index in [-0.39, 0.29) is 11.3 Å². The van der Waals surface area contributed by atoms with E-state index in [1.165, 1.54) is 18.4 Å². The van der Waals surface area contributed by atoms with Crippen LogP contribution in [0.3, 0.4) is 0 Å². The summed E-state index contributed by atoms with van der Waals surface area (Å²) in [4.78, 5) is 26.6. The van der Waals surface area contributed by atoms with Crippen LogP contribution in [0.25, 0.3) is 0 Å². The Kier molecular flexibility index (Phi) is 4.81. The maximum atomic E-state index is 13.0. The van der Waals surface area contributed by atoms with Gasteiger partial charge in [-0.05, 0) is 48.2 Å². The molecule has 1 amide bonds. The lowest BCUT2D eigenvalue weighted by molar-refractivity contribution is 0.0600. The highest BCUT2D eigenvalue weighted by Gasteiger charge is 2.42. The standard InChI is InChI=1S/C22H25N3O3/c1-28-21(27)17-4-2-3-16(12-17)20(26)25-9-7-22(8-10-25)14-24-19-6-5-15(13-23)11-18(19)22/h2-6,11-12,24H,7-10,13-14,23H2,1H3. The molecule has 1 saturated heterocycles. The third-order valence-electron chi connectivity index (χ3n) is 6.05. The molecule has 2 aromatic carbocycles. The molecule has 2 aliphatic rings. The molecule has 1 spiro atoms. The van der Waals surface area contributed by atoms with Crippen LogP contribution in [0, 0.1) is 0 Å². The van der Waals surface area contributed by atoms with Crippen LogP contribution in [0.15, 0.2) is 42.5 Å². The van der Waals surface area contributed by atoms with Gasteiger partial charge in [0.05, 0.1) is 12.7 Å². The van der Waals surface area contributed by atoms with E-state index >= 15 is 0 Å². The Bertz CT molecular complexity index is 917. The number of amides is 1. The second kappa shape index (κ2) is 7.28. The van der Waals surface area contributed by atoms with Crippen LogP contribution in [-0.2, 0) is 16.7 Å². The molecule has 4 rings (SSSR count). The van der Waals surface area contributed by atoms with Crippen LogP contribution in [0.2, 0.25) is 0 Å². The van der Waals surface area contributed by atoms with Gasteiger partial charge in [-0.1, -0.05) is 18.2 Å². The quantitative estimate of drug-likeness (QED) is 0.801. The average molecular weight is 379 g/mol. The number of carbonyl (C=O) groups is 2. The van der Waals surface area contributed by atoms with E-state index in [0.717, 1.165) is 24.9 Å². The first kappa shape index (κ1) is 18.5. The summed E-state index contributed by atoms with van der Waals surface area (Å²) in [7, 11) is 1.34. The van der Waals surface area contributed by atoms with Crippen molar-refractivity contribution in [1.82, 2.24) is 4.90 Å². The molecule has 2 heterocycles. The van der Waals surface area contributed by atoms with Crippen molar-refractivity contribution in [3.63, 3.8) is 0 Å². The number of benzene rings is 2. The van der Waals surface area contributed by atoms with Gasteiger partial charge in [0.25, 0.3) is 5.91 Å². The number of hydrogen-bond acceptors (Lipinski definition) is 5. The fourth-order valence-corrected chi connectivity index (χ4v) is 4.33. The van der Waals surface area contributed by atoms with E-state index < -0.39 is 5.97 Å². The van der Waals surface area contributed by atoms with Crippen molar-refractivity contribution in [2.45, 2.75) is 24.8 Å². The smallest absolute Gasteiger partial charge is 0.337 e. The van der Waals surface area contributed by atoms with E-state index in [2.05, 4.69) is 23.5 Å². The molecule has 2 aromatic rings. The zero-order valence-electron chi connectivity index (χ0n) is 16.0. The molecule has 6 heteroatoms. The lowest BCUT2D eigenvalue weighted by Crippen LogP contribution is -2.46. The van der Waals surface area contributed by atoms with Crippen LogP contribution in [0.4, 0.5) is 5.69 Å². The molecule has 146 valence electrons. The van der Waals surface area contributed by atoms with Crippen molar-refractivity contribution in [3.8, 4) is 0 Å². The van der Waals surface area contributed by atoms with Crippen molar-refractivity contribution < 1.29 is 14.3 Å². The molecule has 28 heavy (non-hydrogen) atoms. The van der Waals surface area contributed by atoms with E-state index in [1.807, 2.05) is 4.90 Å². The summed E-state index contributed by atoms with van der Waals surface area (Å²) in [6.07, 6.45) is 1.81. The van der Waals surface area contributed by atoms with Crippen LogP contribution >= 0.6 is 0 Å². The van der Waals surface area contributed by atoms with Gasteiger partial charge in [-0.2, -0.15) is 0 Å². The number of anilines is 1. The van der Waals surface area contributed by atoms with E-state index in [1.54, 1.807) is 24.3 Å². The molecule has 3 N–H and O–H groups in total. The Morgan fingerprint density at radius 1 is 1.14 bits per heavy atom. The second-order valence-corrected chi connectivity index (χ2v) is 7.58. The molecular formula is C22H25N3O3. The van der Waals surface area contributed by atoms with Crippen molar-refractivity contribution in [2.75, 3.05) is 32.1 Å². The molecule has 0 unspecified atom stereocenters. The molecule has 0 saturated carbocycles. The number of nitrogens with zero attached hydrogens (tertiary/aromatic N) is 1. The fourth-order valence-electron chi connectivity index (χ4n) is 4.33. The molecule has 2 aliphatic heterocycles. The molecule has 0 aromatic heterocycles. The molecule has 6 nitrogen and oxygen atoms in total. The van der Waals surface area contributed by atoms with Gasteiger partial charge >= 0.3 is 5.97 Å². The summed E-state index contributed by atoms with van der Waals surface area (Å²) in [5.41, 5.74) is 10.5. The summed E-state index contributed by atoms with van der Waals surface area (Å²) in [5.74, 6) is -0.473. The molecule has 0 bridgehead atoms. The zero-order valence-corrected chi connectivity index (χ0v) is 16.0. The number of nitrogens with one attached hydrogen (secondary N) is 1. The number of nitrogens with two attached hydrogens (primary N) is 1. The van der Waals surface area contributed by atoms with Gasteiger partial charge in [0.1, 0.15) is 0 Å². The maximum absolute atomic E-state index is 13.0. The molecular weight excluding hydrogens is 354 g/mol. The minimum absolute atomic E-state index is 0.0394. The summed E-state index contributed by atoms with van der Waals surface area (Å²) >= 11 is 0. The number of likely N-dealkylation sites (tertiary alicyclic amines) is 1. The average Bonchev–Trinajstić information content (AvgIpc) is 3.10. The fraction of sp³-hybridized carbons (Fsp3) is 0.364. The highest BCUT2D eigenvalue weighted by atomic mass is 16.5. The predicted molar refractivity (Wildman–Crippen MR) is 107 cm³/mol. The minimum Gasteiger partial charge on any atom is -0.465 e. The summed E-state index contributed by atoms with van der Waals surface area (Å²) < 4.78 is 4.75. The number of methoxy groups -OCH3 is 1. The van der Waals surface area contributed by atoms with E-state index in [4.69, 9.17) is 10.5 Å². The third kappa shape index (κ3) is 3.14. The number of carbonyl (C=O) groups excluding carboxylic acids is 2. The Labute approximate surface area is 164 Å². The number of piperidine rings is 1.